The first-order valence-corrected chi connectivity index (χ1v) is 8.47. The van der Waals surface area contributed by atoms with E-state index in [1.165, 1.54) is 6.07 Å². The number of pyridine rings is 1. The molecular formula is C20H14ClN3O3. The molecule has 0 aliphatic heterocycles. The number of halogens is 1. The van der Waals surface area contributed by atoms with Crippen LogP contribution in [0.2, 0.25) is 5.02 Å². The molecule has 0 bridgehead atoms. The predicted octanol–water partition coefficient (Wildman–Crippen LogP) is 4.45. The monoisotopic (exact) mass is 379 g/mol. The van der Waals surface area contributed by atoms with E-state index in [0.717, 1.165) is 10.9 Å². The maximum atomic E-state index is 11.6. The molecule has 6 nitrogen and oxygen atoms in total. The number of hydrogen-bond acceptors (Lipinski definition) is 4. The Morgan fingerprint density at radius 3 is 2.74 bits per heavy atom. The van der Waals surface area contributed by atoms with E-state index in [1.54, 1.807) is 36.2 Å². The molecule has 0 aliphatic rings. The van der Waals surface area contributed by atoms with E-state index in [2.05, 4.69) is 10.1 Å². The molecular weight excluding hydrogens is 366 g/mol. The van der Waals surface area contributed by atoms with Gasteiger partial charge in [-0.05, 0) is 42.5 Å². The van der Waals surface area contributed by atoms with Crippen molar-refractivity contribution in [2.45, 2.75) is 0 Å². The van der Waals surface area contributed by atoms with Crippen molar-refractivity contribution in [3.05, 3.63) is 71.5 Å². The highest BCUT2D eigenvalue weighted by molar-refractivity contribution is 6.31. The molecule has 2 heterocycles. The number of carboxylic acids is 1. The van der Waals surface area contributed by atoms with Crippen molar-refractivity contribution in [3.63, 3.8) is 0 Å². The van der Waals surface area contributed by atoms with Gasteiger partial charge < -0.3 is 9.84 Å². The lowest BCUT2D eigenvalue weighted by atomic mass is 10.1. The molecule has 1 N–H and O–H groups in total. The van der Waals surface area contributed by atoms with Crippen LogP contribution < -0.4 is 4.74 Å². The van der Waals surface area contributed by atoms with Gasteiger partial charge in [0.15, 0.2) is 5.69 Å². The molecule has 0 atom stereocenters. The highest BCUT2D eigenvalue weighted by Gasteiger charge is 2.19. The zero-order chi connectivity index (χ0) is 19.0. The van der Waals surface area contributed by atoms with Crippen LogP contribution in [0.3, 0.4) is 0 Å². The van der Waals surface area contributed by atoms with Gasteiger partial charge in [-0.3, -0.25) is 4.98 Å². The normalized spacial score (nSPS) is 10.9. The summed E-state index contributed by atoms with van der Waals surface area (Å²) in [5, 5.41) is 15.1. The van der Waals surface area contributed by atoms with Crippen molar-refractivity contribution in [2.24, 2.45) is 0 Å². The van der Waals surface area contributed by atoms with E-state index in [1.807, 2.05) is 30.3 Å². The van der Waals surface area contributed by atoms with Gasteiger partial charge >= 0.3 is 5.97 Å². The molecule has 0 saturated heterocycles. The average molecular weight is 380 g/mol. The van der Waals surface area contributed by atoms with Gasteiger partial charge in [0.2, 0.25) is 0 Å². The maximum Gasteiger partial charge on any atom is 0.356 e. The third kappa shape index (κ3) is 3.00. The van der Waals surface area contributed by atoms with Gasteiger partial charge in [-0.1, -0.05) is 23.7 Å². The van der Waals surface area contributed by atoms with Crippen LogP contribution in [0.15, 0.2) is 60.8 Å². The molecule has 0 unspecified atom stereocenters. The smallest absolute Gasteiger partial charge is 0.356 e. The number of aromatic carboxylic acids is 1. The Morgan fingerprint density at radius 2 is 1.96 bits per heavy atom. The van der Waals surface area contributed by atoms with Gasteiger partial charge in [-0.2, -0.15) is 5.10 Å². The third-order valence-corrected chi connectivity index (χ3v) is 4.46. The number of rotatable bonds is 4. The fraction of sp³-hybridized carbons (Fsp3) is 0.0500. The van der Waals surface area contributed by atoms with Gasteiger partial charge in [-0.25, -0.2) is 9.48 Å². The molecule has 2 aromatic carbocycles. The van der Waals surface area contributed by atoms with Crippen molar-refractivity contribution in [1.82, 2.24) is 14.8 Å². The van der Waals surface area contributed by atoms with E-state index in [9.17, 15) is 9.90 Å². The molecule has 2 aromatic heterocycles. The summed E-state index contributed by atoms with van der Waals surface area (Å²) in [6, 6.07) is 16.1. The number of hydrogen-bond donors (Lipinski definition) is 1. The first kappa shape index (κ1) is 17.1. The second kappa shape index (κ2) is 6.74. The quantitative estimate of drug-likeness (QED) is 0.567. The minimum atomic E-state index is -1.11. The molecule has 134 valence electrons. The lowest BCUT2D eigenvalue weighted by molar-refractivity contribution is 0.0690. The summed E-state index contributed by atoms with van der Waals surface area (Å²) in [6.07, 6.45) is 1.64. The lowest BCUT2D eigenvalue weighted by Crippen LogP contribution is -2.04. The van der Waals surface area contributed by atoms with Crippen molar-refractivity contribution >= 4 is 28.5 Å². The van der Waals surface area contributed by atoms with Crippen LogP contribution in [0.1, 0.15) is 10.5 Å². The fourth-order valence-electron chi connectivity index (χ4n) is 3.01. The van der Waals surface area contributed by atoms with E-state index in [0.29, 0.717) is 27.7 Å². The molecule has 0 saturated carbocycles. The summed E-state index contributed by atoms with van der Waals surface area (Å²) in [5.41, 5.74) is 2.67. The van der Waals surface area contributed by atoms with Crippen LogP contribution in [0, 0.1) is 0 Å². The number of aromatic nitrogens is 3. The minimum Gasteiger partial charge on any atom is -0.496 e. The van der Waals surface area contributed by atoms with Crippen molar-refractivity contribution in [3.8, 4) is 22.7 Å². The van der Waals surface area contributed by atoms with Gasteiger partial charge in [0, 0.05) is 22.2 Å². The summed E-state index contributed by atoms with van der Waals surface area (Å²) in [6.45, 7) is 0. The van der Waals surface area contributed by atoms with Crippen molar-refractivity contribution in [1.29, 1.82) is 0 Å². The first-order valence-electron chi connectivity index (χ1n) is 8.10. The maximum absolute atomic E-state index is 11.6. The van der Waals surface area contributed by atoms with Gasteiger partial charge in [0.25, 0.3) is 0 Å². The van der Waals surface area contributed by atoms with E-state index in [-0.39, 0.29) is 5.69 Å². The second-order valence-electron chi connectivity index (χ2n) is 5.82. The number of carbonyl (C=O) groups is 1. The Kier molecular flexibility index (Phi) is 4.25. The highest BCUT2D eigenvalue weighted by atomic mass is 35.5. The summed E-state index contributed by atoms with van der Waals surface area (Å²) >= 11 is 6.07. The SMILES string of the molecule is COc1ccccc1-c1cc(C(=O)O)nn1-c1ccnc2cc(Cl)ccc12. The molecule has 0 aliphatic carbocycles. The number of methoxy groups -OCH3 is 1. The Bertz CT molecular complexity index is 1170. The first-order chi connectivity index (χ1) is 13.1. The highest BCUT2D eigenvalue weighted by Crippen LogP contribution is 2.33. The molecule has 4 aromatic rings. The van der Waals surface area contributed by atoms with Crippen LogP contribution in [0.25, 0.3) is 27.8 Å². The predicted molar refractivity (Wildman–Crippen MR) is 103 cm³/mol. The Labute approximate surface area is 159 Å². The van der Waals surface area contributed by atoms with Crippen molar-refractivity contribution in [2.75, 3.05) is 7.11 Å². The molecule has 7 heteroatoms. The van der Waals surface area contributed by atoms with Crippen LogP contribution in [-0.2, 0) is 0 Å². The van der Waals surface area contributed by atoms with Gasteiger partial charge in [0.05, 0.1) is 24.0 Å². The molecule has 27 heavy (non-hydrogen) atoms. The van der Waals surface area contributed by atoms with Crippen LogP contribution in [0.4, 0.5) is 0 Å². The van der Waals surface area contributed by atoms with E-state index < -0.39 is 5.97 Å². The average Bonchev–Trinajstić information content (AvgIpc) is 3.12. The topological polar surface area (TPSA) is 77.2 Å². The van der Waals surface area contributed by atoms with Crippen molar-refractivity contribution < 1.29 is 14.6 Å². The Hall–Kier alpha value is -3.38. The fourth-order valence-corrected chi connectivity index (χ4v) is 3.17. The Morgan fingerprint density at radius 1 is 1.15 bits per heavy atom. The second-order valence-corrected chi connectivity index (χ2v) is 6.26. The summed E-state index contributed by atoms with van der Waals surface area (Å²) in [4.78, 5) is 15.9. The summed E-state index contributed by atoms with van der Waals surface area (Å²) in [7, 11) is 1.57. The van der Waals surface area contributed by atoms with Crippen LogP contribution in [-0.4, -0.2) is 33.0 Å². The van der Waals surface area contributed by atoms with E-state index in [4.69, 9.17) is 16.3 Å². The summed E-state index contributed by atoms with van der Waals surface area (Å²) in [5.74, 6) is -0.483. The lowest BCUT2D eigenvalue weighted by Gasteiger charge is -2.12. The number of fused-ring (bicyclic) bond motifs is 1. The van der Waals surface area contributed by atoms with Gasteiger partial charge in [-0.15, -0.1) is 0 Å². The van der Waals surface area contributed by atoms with E-state index >= 15 is 0 Å². The standard InChI is InChI=1S/C20H14ClN3O3/c1-27-19-5-3-2-4-14(19)18-11-16(20(25)26)23-24(18)17-8-9-22-15-10-12(21)6-7-13(15)17/h2-11H,1H3,(H,25,26). The van der Waals surface area contributed by atoms with Gasteiger partial charge in [0.1, 0.15) is 5.75 Å². The molecule has 0 fully saturated rings. The molecule has 0 amide bonds. The minimum absolute atomic E-state index is 0.0603. The molecule has 0 spiro atoms. The molecule has 4 rings (SSSR count). The van der Waals surface area contributed by atoms with Crippen LogP contribution >= 0.6 is 11.6 Å². The zero-order valence-electron chi connectivity index (χ0n) is 14.3. The number of ether oxygens (including phenoxy) is 1. The number of nitrogens with zero attached hydrogens (tertiary/aromatic N) is 3. The number of benzene rings is 2. The van der Waals surface area contributed by atoms with Crippen LogP contribution in [0.5, 0.6) is 5.75 Å². The number of para-hydroxylation sites is 1. The number of carboxylic acid groups (broad SMARTS) is 1. The molecule has 0 radical (unpaired) electrons. The largest absolute Gasteiger partial charge is 0.496 e. The summed E-state index contributed by atoms with van der Waals surface area (Å²) < 4.78 is 7.04. The third-order valence-electron chi connectivity index (χ3n) is 4.22. The zero-order valence-corrected chi connectivity index (χ0v) is 15.0. The Balaban J connectivity index is 2.03.